The average Bonchev–Trinajstić information content (AvgIpc) is 3.22. The molecular weight excluding hydrogens is 508 g/mol. The van der Waals surface area contributed by atoms with Crippen molar-refractivity contribution in [1.82, 2.24) is 0 Å². The summed E-state index contributed by atoms with van der Waals surface area (Å²) in [4.78, 5) is 28.4. The summed E-state index contributed by atoms with van der Waals surface area (Å²) in [5, 5.41) is 20.9. The first-order valence-corrected chi connectivity index (χ1v) is 12.9. The molecule has 1 unspecified atom stereocenters. The van der Waals surface area contributed by atoms with Crippen molar-refractivity contribution in [1.29, 1.82) is 5.26 Å². The van der Waals surface area contributed by atoms with Crippen LogP contribution in [0.1, 0.15) is 56.0 Å². The highest BCUT2D eigenvalue weighted by atomic mass is 16.5. The summed E-state index contributed by atoms with van der Waals surface area (Å²) in [7, 11) is 3.01. The molecule has 0 saturated carbocycles. The second-order valence-corrected chi connectivity index (χ2v) is 10.3. The van der Waals surface area contributed by atoms with E-state index in [1.807, 2.05) is 27.7 Å². The predicted molar refractivity (Wildman–Crippen MR) is 152 cm³/mol. The molecule has 206 valence electrons. The third-order valence-electron chi connectivity index (χ3n) is 6.80. The van der Waals surface area contributed by atoms with Gasteiger partial charge in [0, 0.05) is 16.8 Å². The van der Waals surface area contributed by atoms with Crippen LogP contribution in [0.3, 0.4) is 0 Å². The minimum atomic E-state index is -0.975. The second kappa shape index (κ2) is 11.1. The summed E-state index contributed by atoms with van der Waals surface area (Å²) in [6.07, 6.45) is 0. The zero-order chi connectivity index (χ0) is 29.2. The molecule has 8 heteroatoms. The third kappa shape index (κ3) is 5.10. The summed E-state index contributed by atoms with van der Waals surface area (Å²) >= 11 is 0. The molecule has 0 aliphatic carbocycles. The second-order valence-electron chi connectivity index (χ2n) is 10.3. The van der Waals surface area contributed by atoms with Crippen LogP contribution < -0.4 is 19.1 Å². The molecule has 1 fully saturated rings. The van der Waals surface area contributed by atoms with Crippen molar-refractivity contribution in [2.24, 2.45) is 0 Å². The largest absolute Gasteiger partial charge is 0.507 e. The topological polar surface area (TPSA) is 109 Å². The van der Waals surface area contributed by atoms with E-state index in [1.54, 1.807) is 60.7 Å². The van der Waals surface area contributed by atoms with Gasteiger partial charge in [0.2, 0.25) is 0 Å². The number of nitrogens with zero attached hydrogens (tertiary/aromatic N) is 2. The van der Waals surface area contributed by atoms with Crippen LogP contribution in [0.2, 0.25) is 0 Å². The van der Waals surface area contributed by atoms with E-state index >= 15 is 0 Å². The Morgan fingerprint density at radius 1 is 0.950 bits per heavy atom. The van der Waals surface area contributed by atoms with E-state index in [0.29, 0.717) is 46.2 Å². The van der Waals surface area contributed by atoms with Gasteiger partial charge >= 0.3 is 0 Å². The lowest BCUT2D eigenvalue weighted by Crippen LogP contribution is -2.29. The number of amides is 1. The van der Waals surface area contributed by atoms with Crippen LogP contribution in [0, 0.1) is 11.3 Å². The van der Waals surface area contributed by atoms with E-state index in [0.717, 1.165) is 5.56 Å². The molecule has 1 heterocycles. The lowest BCUT2D eigenvalue weighted by molar-refractivity contribution is -0.132. The number of nitriles is 1. The van der Waals surface area contributed by atoms with Gasteiger partial charge in [0.25, 0.3) is 11.7 Å². The summed E-state index contributed by atoms with van der Waals surface area (Å²) in [6, 6.07) is 17.7. The Morgan fingerprint density at radius 3 is 2.17 bits per heavy atom. The number of aliphatic hydroxyl groups excluding tert-OH is 1. The van der Waals surface area contributed by atoms with E-state index in [4.69, 9.17) is 14.2 Å². The lowest BCUT2D eigenvalue weighted by Gasteiger charge is -2.26. The Bertz CT molecular complexity index is 1530. The van der Waals surface area contributed by atoms with E-state index in [9.17, 15) is 20.0 Å². The first-order chi connectivity index (χ1) is 19.0. The predicted octanol–water partition coefficient (Wildman–Crippen LogP) is 5.90. The Labute approximate surface area is 234 Å². The lowest BCUT2D eigenvalue weighted by atomic mass is 9.84. The van der Waals surface area contributed by atoms with Crippen molar-refractivity contribution >= 4 is 23.1 Å². The Hall–Kier alpha value is -4.77. The number of carbonyl (C=O) groups is 2. The first kappa shape index (κ1) is 28.2. The van der Waals surface area contributed by atoms with Gasteiger partial charge in [0.1, 0.15) is 11.5 Å². The number of hydrogen-bond acceptors (Lipinski definition) is 7. The normalized spacial score (nSPS) is 16.5. The number of methoxy groups -OCH3 is 2. The van der Waals surface area contributed by atoms with Gasteiger partial charge in [-0.25, -0.2) is 0 Å². The molecule has 8 nitrogen and oxygen atoms in total. The molecule has 1 aliphatic rings. The SMILES string of the molecule is CCOc1ccc(/C(O)=C2\C(=O)C(=O)N(c3ccc(C#N)cc3)C2c2ccc(OC)c(OC)c2)cc1C(C)(C)C. The molecule has 1 amide bonds. The van der Waals surface area contributed by atoms with Gasteiger partial charge in [0.15, 0.2) is 11.5 Å². The molecule has 1 N–H and O–H groups in total. The van der Waals surface area contributed by atoms with Crippen LogP contribution in [-0.2, 0) is 15.0 Å². The molecular formula is C32H32N2O6. The number of rotatable bonds is 7. The standard InChI is InChI=1S/C32H32N2O6/c1-7-40-24-14-11-21(16-23(24)32(2,3)4)29(35)27-28(20-10-15-25(38-5)26(17-20)39-6)34(31(37)30(27)36)22-12-8-19(18-33)9-13-22/h8-17,28,35H,7H2,1-6H3/b29-27+. The minimum absolute atomic E-state index is 0.0643. The van der Waals surface area contributed by atoms with Crippen LogP contribution in [0.25, 0.3) is 5.76 Å². The van der Waals surface area contributed by atoms with Gasteiger partial charge in [-0.3, -0.25) is 14.5 Å². The smallest absolute Gasteiger partial charge is 0.300 e. The molecule has 0 spiro atoms. The van der Waals surface area contributed by atoms with Gasteiger partial charge < -0.3 is 19.3 Å². The van der Waals surface area contributed by atoms with Crippen molar-refractivity contribution in [3.8, 4) is 23.3 Å². The van der Waals surface area contributed by atoms with Crippen molar-refractivity contribution in [2.75, 3.05) is 25.7 Å². The van der Waals surface area contributed by atoms with E-state index in [2.05, 4.69) is 6.07 Å². The molecule has 1 aliphatic heterocycles. The Morgan fingerprint density at radius 2 is 1.60 bits per heavy atom. The van der Waals surface area contributed by atoms with Crippen LogP contribution in [0.15, 0.2) is 66.2 Å². The maximum atomic E-state index is 13.6. The molecule has 4 rings (SSSR count). The fourth-order valence-corrected chi connectivity index (χ4v) is 4.83. The maximum absolute atomic E-state index is 13.6. The molecule has 0 radical (unpaired) electrons. The van der Waals surface area contributed by atoms with Crippen LogP contribution in [-0.4, -0.2) is 37.6 Å². The minimum Gasteiger partial charge on any atom is -0.507 e. The number of carbonyl (C=O) groups excluding carboxylic acids is 2. The first-order valence-electron chi connectivity index (χ1n) is 12.9. The third-order valence-corrected chi connectivity index (χ3v) is 6.80. The van der Waals surface area contributed by atoms with Gasteiger partial charge in [0.05, 0.1) is 44.1 Å². The van der Waals surface area contributed by atoms with E-state index in [-0.39, 0.29) is 16.7 Å². The number of ether oxygens (including phenoxy) is 3. The summed E-state index contributed by atoms with van der Waals surface area (Å²) in [5.41, 5.74) is 2.20. The number of hydrogen-bond donors (Lipinski definition) is 1. The van der Waals surface area contributed by atoms with Crippen LogP contribution >= 0.6 is 0 Å². The Balaban J connectivity index is 1.97. The number of aliphatic hydroxyl groups is 1. The van der Waals surface area contributed by atoms with Crippen molar-refractivity contribution in [2.45, 2.75) is 39.2 Å². The highest BCUT2D eigenvalue weighted by Crippen LogP contribution is 2.45. The fraction of sp³-hybridized carbons (Fsp3) is 0.281. The summed E-state index contributed by atoms with van der Waals surface area (Å²) in [6.45, 7) is 8.46. The molecule has 1 atom stereocenters. The van der Waals surface area contributed by atoms with Crippen molar-refractivity contribution in [3.05, 3.63) is 88.5 Å². The zero-order valence-corrected chi connectivity index (χ0v) is 23.4. The molecule has 1 saturated heterocycles. The molecule has 3 aromatic rings. The highest BCUT2D eigenvalue weighted by Gasteiger charge is 2.47. The van der Waals surface area contributed by atoms with Crippen molar-refractivity contribution < 1.29 is 28.9 Å². The van der Waals surface area contributed by atoms with Gasteiger partial charge in [-0.05, 0) is 72.5 Å². The molecule has 40 heavy (non-hydrogen) atoms. The van der Waals surface area contributed by atoms with Gasteiger partial charge in [-0.1, -0.05) is 26.8 Å². The van der Waals surface area contributed by atoms with Crippen molar-refractivity contribution in [3.63, 3.8) is 0 Å². The molecule has 0 aromatic heterocycles. The number of ketones is 1. The van der Waals surface area contributed by atoms with Crippen LogP contribution in [0.4, 0.5) is 5.69 Å². The number of anilines is 1. The maximum Gasteiger partial charge on any atom is 0.300 e. The van der Waals surface area contributed by atoms with Gasteiger partial charge in [-0.2, -0.15) is 5.26 Å². The Kier molecular flexibility index (Phi) is 7.87. The number of Topliss-reactive ketones (excluding diaryl/α,β-unsaturated/α-hetero) is 1. The zero-order valence-electron chi connectivity index (χ0n) is 23.4. The van der Waals surface area contributed by atoms with E-state index < -0.39 is 17.7 Å². The quantitative estimate of drug-likeness (QED) is 0.226. The molecule has 0 bridgehead atoms. The number of benzene rings is 3. The molecule has 3 aromatic carbocycles. The average molecular weight is 541 g/mol. The fourth-order valence-electron chi connectivity index (χ4n) is 4.83. The highest BCUT2D eigenvalue weighted by molar-refractivity contribution is 6.51. The van der Waals surface area contributed by atoms with E-state index in [1.165, 1.54) is 19.1 Å². The van der Waals surface area contributed by atoms with Crippen LogP contribution in [0.5, 0.6) is 17.2 Å². The summed E-state index contributed by atoms with van der Waals surface area (Å²) < 4.78 is 16.7. The van der Waals surface area contributed by atoms with Gasteiger partial charge in [-0.15, -0.1) is 0 Å². The monoisotopic (exact) mass is 540 g/mol. The summed E-state index contributed by atoms with van der Waals surface area (Å²) in [5.74, 6) is -0.367.